The minimum atomic E-state index is 0.107. The number of carbonyl (C=O) groups excluding carboxylic acids is 1. The molecule has 2 aromatic heterocycles. The lowest BCUT2D eigenvalue weighted by molar-refractivity contribution is -0.116. The van der Waals surface area contributed by atoms with Crippen LogP contribution in [0.4, 0.5) is 5.69 Å². The summed E-state index contributed by atoms with van der Waals surface area (Å²) in [6.07, 6.45) is 0.922. The van der Waals surface area contributed by atoms with Gasteiger partial charge >= 0.3 is 0 Å². The quantitative estimate of drug-likeness (QED) is 0.578. The molecule has 6 nitrogen and oxygen atoms in total. The standard InChI is InChI=1S/C18H15N5OS/c24-16(22-10-9-12-5-1-3-7-14(12)22)11-25-18-21-20-17-19-13-6-2-4-8-15(13)23(17)18/h1-8H,9-11H2,(H,19,20). The molecule has 1 aliphatic heterocycles. The van der Waals surface area contributed by atoms with Crippen LogP contribution in [-0.2, 0) is 11.2 Å². The average molecular weight is 349 g/mol. The number of aromatic amines is 1. The normalized spacial score (nSPS) is 13.7. The van der Waals surface area contributed by atoms with E-state index in [1.807, 2.05) is 51.8 Å². The fraction of sp³-hybridized carbons (Fsp3) is 0.167. The molecule has 124 valence electrons. The molecular weight excluding hydrogens is 334 g/mol. The van der Waals surface area contributed by atoms with Crippen molar-refractivity contribution in [2.45, 2.75) is 11.6 Å². The molecule has 0 atom stereocenters. The molecule has 3 heterocycles. The summed E-state index contributed by atoms with van der Waals surface area (Å²) >= 11 is 1.44. The first-order valence-corrected chi connectivity index (χ1v) is 9.12. The molecule has 0 saturated carbocycles. The van der Waals surface area contributed by atoms with Gasteiger partial charge in [0.1, 0.15) is 0 Å². The molecule has 0 unspecified atom stereocenters. The highest BCUT2D eigenvalue weighted by atomic mass is 32.2. The van der Waals surface area contributed by atoms with E-state index in [2.05, 4.69) is 21.2 Å². The minimum Gasteiger partial charge on any atom is -0.311 e. The number of nitrogens with one attached hydrogen (secondary N) is 1. The van der Waals surface area contributed by atoms with E-state index in [-0.39, 0.29) is 5.91 Å². The zero-order chi connectivity index (χ0) is 16.8. The second-order valence-electron chi connectivity index (χ2n) is 5.98. The smallest absolute Gasteiger partial charge is 0.237 e. The van der Waals surface area contributed by atoms with E-state index in [4.69, 9.17) is 0 Å². The maximum atomic E-state index is 12.7. The number of fused-ring (bicyclic) bond motifs is 4. The van der Waals surface area contributed by atoms with Crippen LogP contribution in [0.5, 0.6) is 0 Å². The summed E-state index contributed by atoms with van der Waals surface area (Å²) < 4.78 is 1.96. The molecule has 0 radical (unpaired) electrons. The zero-order valence-corrected chi connectivity index (χ0v) is 14.2. The van der Waals surface area contributed by atoms with Crippen molar-refractivity contribution in [1.29, 1.82) is 0 Å². The number of para-hydroxylation sites is 3. The highest BCUT2D eigenvalue weighted by Gasteiger charge is 2.24. The largest absolute Gasteiger partial charge is 0.311 e. The summed E-state index contributed by atoms with van der Waals surface area (Å²) in [5.74, 6) is 1.15. The zero-order valence-electron chi connectivity index (χ0n) is 13.3. The Morgan fingerprint density at radius 3 is 2.96 bits per heavy atom. The molecule has 0 bridgehead atoms. The van der Waals surface area contributed by atoms with Gasteiger partial charge in [0, 0.05) is 12.2 Å². The predicted molar refractivity (Wildman–Crippen MR) is 98.1 cm³/mol. The van der Waals surface area contributed by atoms with Gasteiger partial charge in [-0.15, -0.1) is 5.10 Å². The fourth-order valence-corrected chi connectivity index (χ4v) is 4.17. The first-order chi connectivity index (χ1) is 12.3. The third-order valence-electron chi connectivity index (χ3n) is 4.52. The van der Waals surface area contributed by atoms with E-state index in [9.17, 15) is 4.79 Å². The Balaban J connectivity index is 1.40. The predicted octanol–water partition coefficient (Wildman–Crippen LogP) is 2.89. The van der Waals surface area contributed by atoms with Gasteiger partial charge in [0.05, 0.1) is 16.8 Å². The van der Waals surface area contributed by atoms with Crippen molar-refractivity contribution in [2.24, 2.45) is 0 Å². The third kappa shape index (κ3) is 2.31. The van der Waals surface area contributed by atoms with Crippen molar-refractivity contribution in [2.75, 3.05) is 17.2 Å². The molecule has 0 saturated heterocycles. The van der Waals surface area contributed by atoms with E-state index < -0.39 is 0 Å². The van der Waals surface area contributed by atoms with Crippen LogP contribution in [0.2, 0.25) is 0 Å². The number of amides is 1. The summed E-state index contributed by atoms with van der Waals surface area (Å²) in [5.41, 5.74) is 4.18. The SMILES string of the molecule is O=C(CSc1n[nH]c2nc3ccccc3n12)N1CCc2ccccc21. The van der Waals surface area contributed by atoms with E-state index >= 15 is 0 Å². The van der Waals surface area contributed by atoms with E-state index in [0.29, 0.717) is 11.5 Å². The Morgan fingerprint density at radius 1 is 1.16 bits per heavy atom. The van der Waals surface area contributed by atoms with Crippen LogP contribution in [0.25, 0.3) is 16.8 Å². The van der Waals surface area contributed by atoms with Crippen LogP contribution in [0, 0.1) is 0 Å². The number of anilines is 1. The minimum absolute atomic E-state index is 0.107. The van der Waals surface area contributed by atoms with Gasteiger partial charge in [-0.1, -0.05) is 42.1 Å². The number of H-pyrrole nitrogens is 1. The van der Waals surface area contributed by atoms with Crippen molar-refractivity contribution in [3.8, 4) is 0 Å². The molecule has 25 heavy (non-hydrogen) atoms. The van der Waals surface area contributed by atoms with Gasteiger partial charge in [-0.05, 0) is 30.2 Å². The number of aromatic nitrogens is 4. The summed E-state index contributed by atoms with van der Waals surface area (Å²) in [6.45, 7) is 0.753. The summed E-state index contributed by atoms with van der Waals surface area (Å²) in [4.78, 5) is 19.1. The Kier molecular flexibility index (Phi) is 3.27. The van der Waals surface area contributed by atoms with E-state index in [1.165, 1.54) is 17.3 Å². The Hall–Kier alpha value is -2.80. The average Bonchev–Trinajstić information content (AvgIpc) is 3.33. The molecule has 2 aromatic carbocycles. The number of rotatable bonds is 3. The lowest BCUT2D eigenvalue weighted by Gasteiger charge is -2.16. The molecule has 0 aliphatic carbocycles. The van der Waals surface area contributed by atoms with Gasteiger partial charge in [-0.2, -0.15) is 0 Å². The summed E-state index contributed by atoms with van der Waals surface area (Å²) in [7, 11) is 0. The lowest BCUT2D eigenvalue weighted by atomic mass is 10.2. The molecule has 0 fully saturated rings. The number of hydrogen-bond donors (Lipinski definition) is 1. The lowest BCUT2D eigenvalue weighted by Crippen LogP contribution is -2.30. The molecule has 1 aliphatic rings. The van der Waals surface area contributed by atoms with Gasteiger partial charge in [-0.25, -0.2) is 10.1 Å². The molecule has 1 amide bonds. The first kappa shape index (κ1) is 14.5. The van der Waals surface area contributed by atoms with Gasteiger partial charge in [0.15, 0.2) is 5.16 Å². The van der Waals surface area contributed by atoms with Crippen LogP contribution in [0.15, 0.2) is 53.7 Å². The second kappa shape index (κ2) is 5.63. The van der Waals surface area contributed by atoms with E-state index in [0.717, 1.165) is 34.8 Å². The van der Waals surface area contributed by atoms with Crippen LogP contribution < -0.4 is 4.90 Å². The summed E-state index contributed by atoms with van der Waals surface area (Å²) in [5, 5.41) is 8.01. The van der Waals surface area contributed by atoms with E-state index in [1.54, 1.807) is 0 Å². The molecule has 0 spiro atoms. The van der Waals surface area contributed by atoms with Crippen molar-refractivity contribution in [3.63, 3.8) is 0 Å². The Labute approximate surface area is 147 Å². The first-order valence-electron chi connectivity index (χ1n) is 8.14. The fourth-order valence-electron chi connectivity index (χ4n) is 3.34. The van der Waals surface area contributed by atoms with Crippen LogP contribution in [-0.4, -0.2) is 37.8 Å². The van der Waals surface area contributed by atoms with Crippen molar-refractivity contribution >= 4 is 40.2 Å². The molecule has 7 heteroatoms. The van der Waals surface area contributed by atoms with Crippen molar-refractivity contribution in [3.05, 3.63) is 54.1 Å². The van der Waals surface area contributed by atoms with Gasteiger partial charge in [-0.3, -0.25) is 9.20 Å². The van der Waals surface area contributed by atoms with Crippen molar-refractivity contribution in [1.82, 2.24) is 19.6 Å². The third-order valence-corrected chi connectivity index (χ3v) is 5.44. The highest BCUT2D eigenvalue weighted by molar-refractivity contribution is 7.99. The Bertz CT molecular complexity index is 1100. The molecule has 1 N–H and O–H groups in total. The maximum Gasteiger partial charge on any atom is 0.237 e. The maximum absolute atomic E-state index is 12.7. The number of carbonyl (C=O) groups is 1. The molecule has 4 aromatic rings. The number of thioether (sulfide) groups is 1. The molecular formula is C18H15N5OS. The van der Waals surface area contributed by atoms with Crippen LogP contribution >= 0.6 is 11.8 Å². The monoisotopic (exact) mass is 349 g/mol. The van der Waals surface area contributed by atoms with Crippen molar-refractivity contribution < 1.29 is 4.79 Å². The Morgan fingerprint density at radius 2 is 2.00 bits per heavy atom. The number of hydrogen-bond acceptors (Lipinski definition) is 4. The number of benzene rings is 2. The summed E-state index contributed by atoms with van der Waals surface area (Å²) in [6, 6.07) is 16.0. The van der Waals surface area contributed by atoms with Crippen LogP contribution in [0.3, 0.4) is 0 Å². The van der Waals surface area contributed by atoms with Gasteiger partial charge in [0.2, 0.25) is 11.7 Å². The second-order valence-corrected chi connectivity index (χ2v) is 6.92. The van der Waals surface area contributed by atoms with Crippen LogP contribution in [0.1, 0.15) is 5.56 Å². The van der Waals surface area contributed by atoms with Gasteiger partial charge < -0.3 is 4.90 Å². The highest BCUT2D eigenvalue weighted by Crippen LogP contribution is 2.29. The topological polar surface area (TPSA) is 66.3 Å². The molecule has 5 rings (SSSR count). The number of imidazole rings is 1. The van der Waals surface area contributed by atoms with Gasteiger partial charge in [0.25, 0.3) is 0 Å². The number of nitrogens with zero attached hydrogens (tertiary/aromatic N) is 4.